The molecule has 4 nitrogen and oxygen atoms in total. The molecule has 1 aromatic rings. The molecule has 1 aromatic carbocycles. The molecule has 100 valence electrons. The number of anilines is 1. The van der Waals surface area contributed by atoms with Crippen LogP contribution in [0, 0.1) is 0 Å². The Bertz CT molecular complexity index is 349. The van der Waals surface area contributed by atoms with Crippen LogP contribution >= 0.6 is 0 Å². The van der Waals surface area contributed by atoms with E-state index in [0.717, 1.165) is 6.54 Å². The van der Waals surface area contributed by atoms with E-state index in [1.165, 1.54) is 19.3 Å². The highest BCUT2D eigenvalue weighted by atomic mass is 16.5. The fourth-order valence-electron chi connectivity index (χ4n) is 1.54. The van der Waals surface area contributed by atoms with Gasteiger partial charge in [0.15, 0.2) is 0 Å². The number of nitrogens with one attached hydrogen (secondary N) is 1. The molecule has 0 fully saturated rings. The molecule has 0 aliphatic rings. The van der Waals surface area contributed by atoms with E-state index < -0.39 is 0 Å². The molecule has 18 heavy (non-hydrogen) atoms. The second kappa shape index (κ2) is 8.53. The molecule has 0 unspecified atom stereocenters. The average Bonchev–Trinajstić information content (AvgIpc) is 2.38. The lowest BCUT2D eigenvalue weighted by atomic mass is 10.2. The summed E-state index contributed by atoms with van der Waals surface area (Å²) in [7, 11) is 0. The summed E-state index contributed by atoms with van der Waals surface area (Å²) < 4.78 is 5.13. The largest absolute Gasteiger partial charge is 0.461 e. The second-order valence-corrected chi connectivity index (χ2v) is 4.22. The molecule has 0 saturated carbocycles. The molecule has 0 atom stereocenters. The Morgan fingerprint density at radius 2 is 1.94 bits per heavy atom. The average molecular weight is 250 g/mol. The zero-order valence-corrected chi connectivity index (χ0v) is 10.9. The molecule has 0 amide bonds. The Morgan fingerprint density at radius 1 is 1.22 bits per heavy atom. The number of hydrogen-bond acceptors (Lipinski definition) is 4. The number of nitrogens with two attached hydrogens (primary N) is 1. The van der Waals surface area contributed by atoms with Gasteiger partial charge in [-0.15, -0.1) is 0 Å². The molecule has 0 spiro atoms. The highest BCUT2D eigenvalue weighted by Crippen LogP contribution is 2.06. The minimum absolute atomic E-state index is 0.301. The molecular weight excluding hydrogens is 228 g/mol. The summed E-state index contributed by atoms with van der Waals surface area (Å²) in [6, 6.07) is 6.73. The Labute approximate surface area is 109 Å². The smallest absolute Gasteiger partial charge is 0.338 e. The first-order chi connectivity index (χ1) is 8.74. The van der Waals surface area contributed by atoms with Crippen molar-refractivity contribution >= 4 is 11.7 Å². The van der Waals surface area contributed by atoms with Gasteiger partial charge in [0.25, 0.3) is 0 Å². The van der Waals surface area contributed by atoms with E-state index in [9.17, 15) is 4.79 Å². The van der Waals surface area contributed by atoms with E-state index in [4.69, 9.17) is 10.5 Å². The summed E-state index contributed by atoms with van der Waals surface area (Å²) >= 11 is 0. The molecule has 0 bridgehead atoms. The maximum Gasteiger partial charge on any atom is 0.338 e. The van der Waals surface area contributed by atoms with Crippen LogP contribution < -0.4 is 11.1 Å². The van der Waals surface area contributed by atoms with Crippen LogP contribution in [0.15, 0.2) is 24.3 Å². The zero-order valence-electron chi connectivity index (χ0n) is 10.9. The molecule has 0 radical (unpaired) electrons. The molecule has 0 saturated heterocycles. The SMILES string of the molecule is CCCCCNCCOC(=O)c1ccc(N)cc1. The number of carbonyl (C=O) groups excluding carboxylic acids is 1. The lowest BCUT2D eigenvalue weighted by Crippen LogP contribution is -2.22. The van der Waals surface area contributed by atoms with Gasteiger partial charge >= 0.3 is 5.97 Å². The Balaban J connectivity index is 2.12. The first-order valence-corrected chi connectivity index (χ1v) is 6.47. The van der Waals surface area contributed by atoms with Crippen LogP contribution in [0.3, 0.4) is 0 Å². The van der Waals surface area contributed by atoms with Gasteiger partial charge in [-0.2, -0.15) is 0 Å². The quantitative estimate of drug-likeness (QED) is 0.422. The van der Waals surface area contributed by atoms with E-state index in [2.05, 4.69) is 12.2 Å². The Kier molecular flexibility index (Phi) is 6.87. The van der Waals surface area contributed by atoms with E-state index in [-0.39, 0.29) is 5.97 Å². The van der Waals surface area contributed by atoms with Gasteiger partial charge in [-0.05, 0) is 37.2 Å². The molecule has 0 aliphatic heterocycles. The first kappa shape index (κ1) is 14.5. The standard InChI is InChI=1S/C14H22N2O2/c1-2-3-4-9-16-10-11-18-14(17)12-5-7-13(15)8-6-12/h5-8,16H,2-4,9-11,15H2,1H3. The summed E-state index contributed by atoms with van der Waals surface area (Å²) in [5.74, 6) is -0.301. The van der Waals surface area contributed by atoms with Crippen LogP contribution in [0.25, 0.3) is 0 Å². The topological polar surface area (TPSA) is 64.3 Å². The molecule has 0 heterocycles. The minimum Gasteiger partial charge on any atom is -0.461 e. The van der Waals surface area contributed by atoms with Crippen molar-refractivity contribution in [3.63, 3.8) is 0 Å². The van der Waals surface area contributed by atoms with E-state index >= 15 is 0 Å². The van der Waals surface area contributed by atoms with Crippen molar-refractivity contribution in [1.82, 2.24) is 5.32 Å². The molecule has 0 aromatic heterocycles. The van der Waals surface area contributed by atoms with Crippen LogP contribution in [-0.2, 0) is 4.74 Å². The Morgan fingerprint density at radius 3 is 2.61 bits per heavy atom. The van der Waals surface area contributed by atoms with Crippen molar-refractivity contribution in [2.45, 2.75) is 26.2 Å². The second-order valence-electron chi connectivity index (χ2n) is 4.22. The highest BCUT2D eigenvalue weighted by Gasteiger charge is 2.05. The fraction of sp³-hybridized carbons (Fsp3) is 0.500. The number of carbonyl (C=O) groups is 1. The molecule has 3 N–H and O–H groups in total. The van der Waals surface area contributed by atoms with E-state index in [1.54, 1.807) is 24.3 Å². The van der Waals surface area contributed by atoms with Gasteiger partial charge in [-0.3, -0.25) is 0 Å². The van der Waals surface area contributed by atoms with Gasteiger partial charge in [0.2, 0.25) is 0 Å². The lowest BCUT2D eigenvalue weighted by molar-refractivity contribution is 0.0509. The van der Waals surface area contributed by atoms with Crippen molar-refractivity contribution in [2.24, 2.45) is 0 Å². The first-order valence-electron chi connectivity index (χ1n) is 6.47. The van der Waals surface area contributed by atoms with E-state index in [1.807, 2.05) is 0 Å². The van der Waals surface area contributed by atoms with Crippen molar-refractivity contribution in [3.8, 4) is 0 Å². The summed E-state index contributed by atoms with van der Waals surface area (Å²) in [6.45, 7) is 4.25. The van der Waals surface area contributed by atoms with Crippen LogP contribution in [-0.4, -0.2) is 25.7 Å². The van der Waals surface area contributed by atoms with Crippen LogP contribution in [0.4, 0.5) is 5.69 Å². The molecular formula is C14H22N2O2. The predicted octanol–water partition coefficient (Wildman–Crippen LogP) is 2.21. The lowest BCUT2D eigenvalue weighted by Gasteiger charge is -2.06. The fourth-order valence-corrected chi connectivity index (χ4v) is 1.54. The summed E-state index contributed by atoms with van der Waals surface area (Å²) in [6.07, 6.45) is 3.62. The third-order valence-corrected chi connectivity index (χ3v) is 2.62. The number of benzene rings is 1. The van der Waals surface area contributed by atoms with Crippen molar-refractivity contribution in [3.05, 3.63) is 29.8 Å². The number of hydrogen-bond donors (Lipinski definition) is 2. The molecule has 0 aliphatic carbocycles. The summed E-state index contributed by atoms with van der Waals surface area (Å²) in [5, 5.41) is 3.24. The van der Waals surface area contributed by atoms with Crippen molar-refractivity contribution < 1.29 is 9.53 Å². The number of ether oxygens (including phenoxy) is 1. The van der Waals surface area contributed by atoms with Crippen LogP contribution in [0.5, 0.6) is 0 Å². The third kappa shape index (κ3) is 5.68. The number of esters is 1. The van der Waals surface area contributed by atoms with Crippen molar-refractivity contribution in [1.29, 1.82) is 0 Å². The highest BCUT2D eigenvalue weighted by molar-refractivity contribution is 5.89. The zero-order chi connectivity index (χ0) is 13.2. The van der Waals surface area contributed by atoms with Gasteiger partial charge in [0.05, 0.1) is 5.56 Å². The minimum atomic E-state index is -0.301. The van der Waals surface area contributed by atoms with Gasteiger partial charge in [-0.1, -0.05) is 19.8 Å². The van der Waals surface area contributed by atoms with Gasteiger partial charge in [0.1, 0.15) is 6.61 Å². The van der Waals surface area contributed by atoms with Gasteiger partial charge < -0.3 is 15.8 Å². The van der Waals surface area contributed by atoms with Crippen LogP contribution in [0.1, 0.15) is 36.5 Å². The van der Waals surface area contributed by atoms with Crippen LogP contribution in [0.2, 0.25) is 0 Å². The normalized spacial score (nSPS) is 10.3. The molecule has 1 rings (SSSR count). The van der Waals surface area contributed by atoms with E-state index in [0.29, 0.717) is 24.4 Å². The third-order valence-electron chi connectivity index (χ3n) is 2.62. The Hall–Kier alpha value is -1.55. The summed E-state index contributed by atoms with van der Waals surface area (Å²) in [5.41, 5.74) is 6.72. The van der Waals surface area contributed by atoms with Gasteiger partial charge in [0, 0.05) is 12.2 Å². The molecule has 4 heteroatoms. The number of unbranched alkanes of at least 4 members (excludes halogenated alkanes) is 2. The monoisotopic (exact) mass is 250 g/mol. The maximum atomic E-state index is 11.6. The maximum absolute atomic E-state index is 11.6. The van der Waals surface area contributed by atoms with Gasteiger partial charge in [-0.25, -0.2) is 4.79 Å². The number of rotatable bonds is 8. The van der Waals surface area contributed by atoms with Crippen molar-refractivity contribution in [2.75, 3.05) is 25.4 Å². The number of nitrogen functional groups attached to an aromatic ring is 1. The predicted molar refractivity (Wildman–Crippen MR) is 73.5 cm³/mol. The summed E-state index contributed by atoms with van der Waals surface area (Å²) in [4.78, 5) is 11.6.